The highest BCUT2D eigenvalue weighted by Gasteiger charge is 2.17. The van der Waals surface area contributed by atoms with Gasteiger partial charge in [0.2, 0.25) is 0 Å². The Balaban J connectivity index is 1.77. The Labute approximate surface area is 154 Å². The summed E-state index contributed by atoms with van der Waals surface area (Å²) >= 11 is 0. The molecule has 1 amide bonds. The number of carbonyl (C=O) groups excluding carboxylic acids is 1. The van der Waals surface area contributed by atoms with Gasteiger partial charge in [-0.2, -0.15) is 0 Å². The molecule has 0 radical (unpaired) electrons. The Morgan fingerprint density at radius 3 is 2.50 bits per heavy atom. The molecular weight excluding hydrogens is 322 g/mol. The maximum atomic E-state index is 12.7. The maximum absolute atomic E-state index is 12.7. The summed E-state index contributed by atoms with van der Waals surface area (Å²) in [6.07, 6.45) is 2.74. The van der Waals surface area contributed by atoms with Crippen LogP contribution in [0.15, 0.2) is 60.8 Å². The summed E-state index contributed by atoms with van der Waals surface area (Å²) in [6, 6.07) is 18.3. The normalized spacial score (nSPS) is 12.3. The summed E-state index contributed by atoms with van der Waals surface area (Å²) in [6.45, 7) is 2.69. The molecular formula is C22H25N3O. The fourth-order valence-electron chi connectivity index (χ4n) is 3.15. The van der Waals surface area contributed by atoms with Crippen LogP contribution in [0.3, 0.4) is 0 Å². The summed E-state index contributed by atoms with van der Waals surface area (Å²) < 4.78 is 0. The van der Waals surface area contributed by atoms with Crippen LogP contribution in [-0.2, 0) is 6.42 Å². The van der Waals surface area contributed by atoms with Gasteiger partial charge in [0.05, 0.1) is 17.1 Å². The summed E-state index contributed by atoms with van der Waals surface area (Å²) in [7, 11) is 4.06. The number of hydrogen-bond donors (Lipinski definition) is 1. The van der Waals surface area contributed by atoms with Crippen LogP contribution in [0.4, 0.5) is 0 Å². The molecule has 0 fully saturated rings. The third kappa shape index (κ3) is 3.92. The lowest BCUT2D eigenvalue weighted by Crippen LogP contribution is -2.34. The third-order valence-corrected chi connectivity index (χ3v) is 4.73. The van der Waals surface area contributed by atoms with E-state index < -0.39 is 0 Å². The molecule has 4 nitrogen and oxygen atoms in total. The van der Waals surface area contributed by atoms with Crippen molar-refractivity contribution in [3.8, 4) is 0 Å². The van der Waals surface area contributed by atoms with E-state index in [2.05, 4.69) is 46.4 Å². The number of nitrogens with zero attached hydrogens (tertiary/aromatic N) is 2. The van der Waals surface area contributed by atoms with Crippen molar-refractivity contribution < 1.29 is 4.79 Å². The molecule has 4 heteroatoms. The topological polar surface area (TPSA) is 45.2 Å². The summed E-state index contributed by atoms with van der Waals surface area (Å²) in [5.74, 6) is -0.0914. The van der Waals surface area contributed by atoms with Crippen molar-refractivity contribution in [1.82, 2.24) is 15.2 Å². The molecule has 0 aliphatic heterocycles. The number of fused-ring (bicyclic) bond motifs is 1. The van der Waals surface area contributed by atoms with Gasteiger partial charge >= 0.3 is 0 Å². The molecule has 0 aliphatic carbocycles. The van der Waals surface area contributed by atoms with Crippen LogP contribution in [0, 0.1) is 0 Å². The first-order valence-electron chi connectivity index (χ1n) is 8.97. The first-order valence-corrected chi connectivity index (χ1v) is 8.97. The van der Waals surface area contributed by atoms with Crippen molar-refractivity contribution in [3.05, 3.63) is 77.5 Å². The van der Waals surface area contributed by atoms with E-state index in [1.54, 1.807) is 6.20 Å². The number of aryl methyl sites for hydroxylation is 1. The highest BCUT2D eigenvalue weighted by atomic mass is 16.1. The molecule has 1 unspecified atom stereocenters. The van der Waals surface area contributed by atoms with Gasteiger partial charge in [-0.3, -0.25) is 9.78 Å². The van der Waals surface area contributed by atoms with E-state index in [1.807, 2.05) is 44.4 Å². The van der Waals surface area contributed by atoms with E-state index in [0.29, 0.717) is 12.1 Å². The first-order chi connectivity index (χ1) is 12.6. The molecule has 1 heterocycles. The van der Waals surface area contributed by atoms with Gasteiger partial charge in [0, 0.05) is 18.1 Å². The zero-order valence-electron chi connectivity index (χ0n) is 15.6. The lowest BCUT2D eigenvalue weighted by Gasteiger charge is -2.25. The summed E-state index contributed by atoms with van der Waals surface area (Å²) in [5.41, 5.74) is 3.86. The third-order valence-electron chi connectivity index (χ3n) is 4.73. The Morgan fingerprint density at radius 2 is 1.81 bits per heavy atom. The van der Waals surface area contributed by atoms with Gasteiger partial charge in [0.15, 0.2) is 0 Å². The molecule has 134 valence electrons. The van der Waals surface area contributed by atoms with Crippen molar-refractivity contribution in [2.75, 3.05) is 20.6 Å². The van der Waals surface area contributed by atoms with Gasteiger partial charge in [-0.1, -0.05) is 49.4 Å². The number of hydrogen-bond acceptors (Lipinski definition) is 3. The highest BCUT2D eigenvalue weighted by molar-refractivity contribution is 6.05. The number of pyridine rings is 1. The monoisotopic (exact) mass is 347 g/mol. The largest absolute Gasteiger partial charge is 0.350 e. The van der Waals surface area contributed by atoms with Crippen molar-refractivity contribution in [2.45, 2.75) is 19.4 Å². The van der Waals surface area contributed by atoms with E-state index >= 15 is 0 Å². The fourth-order valence-corrected chi connectivity index (χ4v) is 3.15. The molecule has 1 aromatic heterocycles. The second kappa shape index (κ2) is 8.11. The van der Waals surface area contributed by atoms with Gasteiger partial charge in [-0.15, -0.1) is 0 Å². The van der Waals surface area contributed by atoms with Crippen molar-refractivity contribution in [2.24, 2.45) is 0 Å². The molecule has 1 N–H and O–H groups in total. The minimum atomic E-state index is -0.0914. The summed E-state index contributed by atoms with van der Waals surface area (Å²) in [5, 5.41) is 4.05. The molecule has 1 atom stereocenters. The molecule has 0 spiro atoms. The second-order valence-corrected chi connectivity index (χ2v) is 6.67. The van der Waals surface area contributed by atoms with Crippen LogP contribution in [0.5, 0.6) is 0 Å². The van der Waals surface area contributed by atoms with E-state index in [4.69, 9.17) is 0 Å². The molecule has 0 saturated heterocycles. The Hall–Kier alpha value is -2.72. The quantitative estimate of drug-likeness (QED) is 0.737. The van der Waals surface area contributed by atoms with Gasteiger partial charge in [-0.05, 0) is 43.8 Å². The van der Waals surface area contributed by atoms with Crippen molar-refractivity contribution >= 4 is 16.8 Å². The first kappa shape index (κ1) is 18.1. The number of nitrogens with one attached hydrogen (secondary N) is 1. The second-order valence-electron chi connectivity index (χ2n) is 6.67. The number of carbonyl (C=O) groups is 1. The van der Waals surface area contributed by atoms with Gasteiger partial charge in [-0.25, -0.2) is 0 Å². The predicted molar refractivity (Wildman–Crippen MR) is 106 cm³/mol. The van der Waals surface area contributed by atoms with Crippen molar-refractivity contribution in [3.63, 3.8) is 0 Å². The molecule has 3 aromatic rings. The van der Waals surface area contributed by atoms with Crippen LogP contribution in [0.1, 0.15) is 34.5 Å². The van der Waals surface area contributed by atoms with E-state index in [9.17, 15) is 4.79 Å². The number of amides is 1. The average molecular weight is 347 g/mol. The average Bonchev–Trinajstić information content (AvgIpc) is 2.67. The molecule has 0 bridgehead atoms. The van der Waals surface area contributed by atoms with Crippen LogP contribution in [-0.4, -0.2) is 36.4 Å². The zero-order valence-corrected chi connectivity index (χ0v) is 15.6. The van der Waals surface area contributed by atoms with E-state index in [-0.39, 0.29) is 11.9 Å². The standard InChI is InChI=1S/C22H25N3O/c1-4-16-10-12-17(13-11-16)20(25(2)3)15-24-22(26)19-9-5-7-18-8-6-14-23-21(18)19/h5-14,20H,4,15H2,1-3H3,(H,24,26). The zero-order chi connectivity index (χ0) is 18.5. The SMILES string of the molecule is CCc1ccc(C(CNC(=O)c2cccc3cccnc23)N(C)C)cc1. The van der Waals surface area contributed by atoms with Crippen LogP contribution >= 0.6 is 0 Å². The Morgan fingerprint density at radius 1 is 1.08 bits per heavy atom. The summed E-state index contributed by atoms with van der Waals surface area (Å²) in [4.78, 5) is 19.2. The van der Waals surface area contributed by atoms with E-state index in [1.165, 1.54) is 11.1 Å². The Bertz CT molecular complexity index is 882. The number of benzene rings is 2. The van der Waals surface area contributed by atoms with E-state index in [0.717, 1.165) is 17.3 Å². The lowest BCUT2D eigenvalue weighted by atomic mass is 10.0. The molecule has 0 saturated carbocycles. The van der Waals surface area contributed by atoms with Crippen molar-refractivity contribution in [1.29, 1.82) is 0 Å². The minimum Gasteiger partial charge on any atom is -0.350 e. The van der Waals surface area contributed by atoms with Crippen LogP contribution < -0.4 is 5.32 Å². The molecule has 26 heavy (non-hydrogen) atoms. The number of rotatable bonds is 6. The van der Waals surface area contributed by atoms with Crippen LogP contribution in [0.2, 0.25) is 0 Å². The number of para-hydroxylation sites is 1. The van der Waals surface area contributed by atoms with Gasteiger partial charge in [0.25, 0.3) is 5.91 Å². The van der Waals surface area contributed by atoms with Gasteiger partial charge < -0.3 is 10.2 Å². The lowest BCUT2D eigenvalue weighted by molar-refractivity contribution is 0.0943. The predicted octanol–water partition coefficient (Wildman–Crippen LogP) is 3.83. The fraction of sp³-hybridized carbons (Fsp3) is 0.273. The Kier molecular flexibility index (Phi) is 5.64. The smallest absolute Gasteiger partial charge is 0.253 e. The molecule has 3 rings (SSSR count). The number of aromatic nitrogens is 1. The van der Waals surface area contributed by atoms with Crippen LogP contribution in [0.25, 0.3) is 10.9 Å². The number of likely N-dealkylation sites (N-methyl/N-ethyl adjacent to an activating group) is 1. The highest BCUT2D eigenvalue weighted by Crippen LogP contribution is 2.20. The molecule has 0 aliphatic rings. The maximum Gasteiger partial charge on any atom is 0.253 e. The minimum absolute atomic E-state index is 0.0914. The van der Waals surface area contributed by atoms with Gasteiger partial charge in [0.1, 0.15) is 0 Å². The molecule has 2 aromatic carbocycles.